The van der Waals surface area contributed by atoms with Gasteiger partial charge in [-0.1, -0.05) is 58.8 Å². The first-order chi connectivity index (χ1) is 13.4. The van der Waals surface area contributed by atoms with Gasteiger partial charge >= 0.3 is 0 Å². The van der Waals surface area contributed by atoms with Crippen LogP contribution in [0.4, 0.5) is 15.8 Å². The van der Waals surface area contributed by atoms with Crippen LogP contribution < -0.4 is 9.64 Å². The molecule has 6 heteroatoms. The number of methoxy groups -OCH3 is 1. The van der Waals surface area contributed by atoms with Crippen LogP contribution in [0.15, 0.2) is 34.5 Å². The number of unbranched alkanes of at least 4 members (excludes halogenated alkanes) is 2. The number of azo groups is 1. The van der Waals surface area contributed by atoms with Crippen LogP contribution in [0.5, 0.6) is 5.75 Å². The van der Waals surface area contributed by atoms with Crippen molar-refractivity contribution >= 4 is 27.2 Å². The van der Waals surface area contributed by atoms with Crippen molar-refractivity contribution in [2.45, 2.75) is 65.7 Å². The summed E-state index contributed by atoms with van der Waals surface area (Å²) >= 11 is 1.65. The summed E-state index contributed by atoms with van der Waals surface area (Å²) in [7, 11) is 1.66. The van der Waals surface area contributed by atoms with Gasteiger partial charge in [0.2, 0.25) is 0 Å². The van der Waals surface area contributed by atoms with Crippen molar-refractivity contribution in [2.75, 3.05) is 25.1 Å². The van der Waals surface area contributed by atoms with Gasteiger partial charge in [-0.2, -0.15) is 0 Å². The Hall–Kier alpha value is -1.95. The molecular formula is C22H34N4OS. The van der Waals surface area contributed by atoms with Crippen LogP contribution in [0.1, 0.15) is 66.0 Å². The Labute approximate surface area is 173 Å². The fourth-order valence-electron chi connectivity index (χ4n) is 2.75. The molecule has 0 amide bonds. The van der Waals surface area contributed by atoms with Gasteiger partial charge in [0.05, 0.1) is 18.5 Å². The van der Waals surface area contributed by atoms with E-state index in [9.17, 15) is 0 Å². The second-order valence-corrected chi connectivity index (χ2v) is 8.95. The lowest BCUT2D eigenvalue weighted by Crippen LogP contribution is -2.25. The number of rotatable bonds is 10. The van der Waals surface area contributed by atoms with Gasteiger partial charge in [0, 0.05) is 18.5 Å². The third kappa shape index (κ3) is 6.30. The summed E-state index contributed by atoms with van der Waals surface area (Å²) in [4.78, 5) is 7.41. The van der Waals surface area contributed by atoms with Crippen LogP contribution in [0, 0.1) is 0 Å². The first-order valence-electron chi connectivity index (χ1n) is 10.2. The van der Waals surface area contributed by atoms with Gasteiger partial charge in [-0.3, -0.25) is 0 Å². The molecule has 0 saturated carbocycles. The largest absolute Gasteiger partial charge is 0.497 e. The van der Waals surface area contributed by atoms with Gasteiger partial charge in [0.25, 0.3) is 0 Å². The quantitative estimate of drug-likeness (QED) is 0.393. The molecule has 0 aliphatic heterocycles. The van der Waals surface area contributed by atoms with E-state index in [4.69, 9.17) is 9.72 Å². The minimum absolute atomic E-state index is 0.0792. The van der Waals surface area contributed by atoms with Crippen molar-refractivity contribution in [1.82, 2.24) is 4.98 Å². The standard InChI is InChI=1S/C22H34N4OS/c1-7-9-15-26(16-10-8-2)21-23-19(22(3,4)5)20(28-21)25-24-17-11-13-18(27-6)14-12-17/h11-14H,7-10,15-16H2,1-6H3. The van der Waals surface area contributed by atoms with Crippen molar-refractivity contribution < 1.29 is 4.74 Å². The Bertz CT molecular complexity index is 739. The summed E-state index contributed by atoms with van der Waals surface area (Å²) in [5.41, 5.74) is 1.75. The molecule has 2 rings (SSSR count). The number of benzene rings is 1. The molecule has 154 valence electrons. The van der Waals surface area contributed by atoms with E-state index >= 15 is 0 Å². The van der Waals surface area contributed by atoms with Gasteiger partial charge in [-0.05, 0) is 37.1 Å². The average molecular weight is 403 g/mol. The maximum absolute atomic E-state index is 5.20. The minimum Gasteiger partial charge on any atom is -0.497 e. The van der Waals surface area contributed by atoms with Crippen molar-refractivity contribution in [3.63, 3.8) is 0 Å². The first-order valence-corrected chi connectivity index (χ1v) is 11.0. The van der Waals surface area contributed by atoms with Crippen LogP contribution >= 0.6 is 11.3 Å². The Balaban J connectivity index is 2.31. The monoisotopic (exact) mass is 402 g/mol. The number of hydrogen-bond donors (Lipinski definition) is 0. The third-order valence-corrected chi connectivity index (χ3v) is 5.47. The van der Waals surface area contributed by atoms with Crippen LogP contribution in [0.25, 0.3) is 0 Å². The molecule has 1 aromatic carbocycles. The molecule has 0 atom stereocenters. The number of ether oxygens (including phenoxy) is 1. The number of hydrogen-bond acceptors (Lipinski definition) is 6. The van der Waals surface area contributed by atoms with Crippen LogP contribution in [-0.2, 0) is 5.41 Å². The Morgan fingerprint density at radius 2 is 1.61 bits per heavy atom. The number of anilines is 1. The highest BCUT2D eigenvalue weighted by Crippen LogP contribution is 2.40. The molecule has 0 spiro atoms. The summed E-state index contributed by atoms with van der Waals surface area (Å²) in [5.74, 6) is 0.817. The predicted molar refractivity (Wildman–Crippen MR) is 120 cm³/mol. The SMILES string of the molecule is CCCCN(CCCC)c1nc(C(C)(C)C)c(N=Nc2ccc(OC)cc2)s1. The van der Waals surface area contributed by atoms with E-state index in [1.165, 1.54) is 25.7 Å². The second-order valence-electron chi connectivity index (χ2n) is 7.99. The third-order valence-electron chi connectivity index (χ3n) is 4.47. The molecule has 0 unspecified atom stereocenters. The highest BCUT2D eigenvalue weighted by Gasteiger charge is 2.25. The average Bonchev–Trinajstić information content (AvgIpc) is 3.11. The Kier molecular flexibility index (Phi) is 8.42. The van der Waals surface area contributed by atoms with Crippen LogP contribution in [-0.4, -0.2) is 25.2 Å². The summed E-state index contributed by atoms with van der Waals surface area (Å²) < 4.78 is 5.20. The summed E-state index contributed by atoms with van der Waals surface area (Å²) in [5, 5.41) is 11.0. The maximum Gasteiger partial charge on any atom is 0.187 e. The molecule has 0 radical (unpaired) electrons. The van der Waals surface area contributed by atoms with E-state index in [-0.39, 0.29) is 5.41 Å². The molecule has 0 aliphatic rings. The fraction of sp³-hybridized carbons (Fsp3) is 0.591. The van der Waals surface area contributed by atoms with Gasteiger partial charge < -0.3 is 9.64 Å². The van der Waals surface area contributed by atoms with Crippen LogP contribution in [0.3, 0.4) is 0 Å². The molecule has 0 N–H and O–H groups in total. The van der Waals surface area contributed by atoms with Crippen molar-refractivity contribution in [3.05, 3.63) is 30.0 Å². The molecule has 1 heterocycles. The van der Waals surface area contributed by atoms with E-state index in [1.54, 1.807) is 18.4 Å². The van der Waals surface area contributed by atoms with Gasteiger partial charge in [-0.25, -0.2) is 4.98 Å². The highest BCUT2D eigenvalue weighted by molar-refractivity contribution is 7.19. The molecule has 28 heavy (non-hydrogen) atoms. The normalized spacial score (nSPS) is 11.9. The van der Waals surface area contributed by atoms with E-state index < -0.39 is 0 Å². The van der Waals surface area contributed by atoms with Crippen molar-refractivity contribution in [1.29, 1.82) is 0 Å². The zero-order chi connectivity index (χ0) is 20.6. The van der Waals surface area contributed by atoms with Gasteiger partial charge in [-0.15, -0.1) is 10.2 Å². The molecule has 0 saturated heterocycles. The molecule has 0 bridgehead atoms. The van der Waals surface area contributed by atoms with Gasteiger partial charge in [0.1, 0.15) is 5.75 Å². The predicted octanol–water partition coefficient (Wildman–Crippen LogP) is 7.27. The smallest absolute Gasteiger partial charge is 0.187 e. The Morgan fingerprint density at radius 1 is 1.00 bits per heavy atom. The minimum atomic E-state index is -0.0792. The second kappa shape index (κ2) is 10.6. The highest BCUT2D eigenvalue weighted by atomic mass is 32.1. The molecule has 5 nitrogen and oxygen atoms in total. The van der Waals surface area contributed by atoms with Crippen molar-refractivity contribution in [2.24, 2.45) is 10.2 Å². The molecule has 0 fully saturated rings. The Morgan fingerprint density at radius 3 is 2.11 bits per heavy atom. The summed E-state index contributed by atoms with van der Waals surface area (Å²) in [6.45, 7) is 13.1. The molecule has 1 aromatic heterocycles. The number of nitrogens with zero attached hydrogens (tertiary/aromatic N) is 4. The molecule has 0 aliphatic carbocycles. The van der Waals surface area contributed by atoms with E-state index in [2.05, 4.69) is 49.7 Å². The lowest BCUT2D eigenvalue weighted by molar-refractivity contribution is 0.415. The van der Waals surface area contributed by atoms with E-state index in [0.29, 0.717) is 0 Å². The van der Waals surface area contributed by atoms with Crippen LogP contribution in [0.2, 0.25) is 0 Å². The van der Waals surface area contributed by atoms with E-state index in [0.717, 1.165) is 40.4 Å². The summed E-state index contributed by atoms with van der Waals surface area (Å²) in [6, 6.07) is 7.62. The zero-order valence-corrected chi connectivity index (χ0v) is 19.0. The lowest BCUT2D eigenvalue weighted by Gasteiger charge is -2.21. The summed E-state index contributed by atoms with van der Waals surface area (Å²) in [6.07, 6.45) is 4.72. The number of aromatic nitrogens is 1. The van der Waals surface area contributed by atoms with Crippen molar-refractivity contribution in [3.8, 4) is 5.75 Å². The van der Waals surface area contributed by atoms with E-state index in [1.807, 2.05) is 24.3 Å². The molecular weight excluding hydrogens is 368 g/mol. The maximum atomic E-state index is 5.20. The fourth-order valence-corrected chi connectivity index (χ4v) is 3.90. The van der Waals surface area contributed by atoms with Gasteiger partial charge in [0.15, 0.2) is 10.1 Å². The molecule has 2 aromatic rings. The zero-order valence-electron chi connectivity index (χ0n) is 18.2. The first kappa shape index (κ1) is 22.3. The number of thiazole rings is 1. The topological polar surface area (TPSA) is 50.1 Å². The lowest BCUT2D eigenvalue weighted by atomic mass is 9.93.